The monoisotopic (exact) mass is 280 g/mol. The molecule has 18 heavy (non-hydrogen) atoms. The maximum absolute atomic E-state index is 11.3. The Labute approximate surface area is 107 Å². The second-order valence-electron chi connectivity index (χ2n) is 4.22. The van der Waals surface area contributed by atoms with Crippen LogP contribution in [-0.4, -0.2) is 50.1 Å². The van der Waals surface area contributed by atoms with E-state index in [0.717, 1.165) is 6.26 Å². The third kappa shape index (κ3) is 11.2. The summed E-state index contributed by atoms with van der Waals surface area (Å²) in [6, 6.07) is -0.593. The van der Waals surface area contributed by atoms with Gasteiger partial charge in [0.15, 0.2) is 0 Å². The van der Waals surface area contributed by atoms with Gasteiger partial charge in [0.1, 0.15) is 9.84 Å². The number of hydrogen-bond acceptors (Lipinski definition) is 4. The van der Waals surface area contributed by atoms with E-state index in [9.17, 15) is 18.0 Å². The van der Waals surface area contributed by atoms with Crippen LogP contribution in [0.5, 0.6) is 0 Å². The molecule has 0 aromatic heterocycles. The van der Waals surface area contributed by atoms with Gasteiger partial charge in [0.05, 0.1) is 5.75 Å². The summed E-state index contributed by atoms with van der Waals surface area (Å²) in [6.07, 6.45) is 2.22. The minimum Gasteiger partial charge on any atom is -0.481 e. The molecule has 1 atom stereocenters. The summed E-state index contributed by atoms with van der Waals surface area (Å²) in [6.45, 7) is 1.82. The van der Waals surface area contributed by atoms with E-state index in [1.54, 1.807) is 6.92 Å². The summed E-state index contributed by atoms with van der Waals surface area (Å²) in [4.78, 5) is 21.6. The van der Waals surface area contributed by atoms with E-state index in [2.05, 4.69) is 10.6 Å². The molecule has 0 saturated carbocycles. The number of nitrogens with one attached hydrogen (secondary N) is 2. The number of sulfone groups is 1. The predicted molar refractivity (Wildman–Crippen MR) is 67.2 cm³/mol. The molecule has 0 aromatic rings. The Hall–Kier alpha value is -1.31. The molecular weight excluding hydrogens is 260 g/mol. The predicted octanol–water partition coefficient (Wildman–Crippen LogP) is -0.0264. The Morgan fingerprint density at radius 3 is 2.44 bits per heavy atom. The van der Waals surface area contributed by atoms with Gasteiger partial charge in [0, 0.05) is 25.3 Å². The highest BCUT2D eigenvalue weighted by molar-refractivity contribution is 7.90. The van der Waals surface area contributed by atoms with Crippen LogP contribution in [-0.2, 0) is 14.6 Å². The molecule has 1 unspecified atom stereocenters. The Morgan fingerprint density at radius 1 is 1.33 bits per heavy atom. The van der Waals surface area contributed by atoms with Crippen LogP contribution in [0.15, 0.2) is 0 Å². The molecule has 3 N–H and O–H groups in total. The molecule has 0 radical (unpaired) electrons. The van der Waals surface area contributed by atoms with Crippen molar-refractivity contribution in [2.45, 2.75) is 32.2 Å². The number of carbonyl (C=O) groups excluding carboxylic acids is 1. The highest BCUT2D eigenvalue weighted by Crippen LogP contribution is 2.00. The summed E-state index contributed by atoms with van der Waals surface area (Å²) in [7, 11) is -3.08. The standard InChI is InChI=1S/C10H20N2O5S/c1-8(4-3-5-9(13)14)12-10(15)11-6-7-18(2,16)17/h8H,3-7H2,1-2H3,(H,13,14)(H2,11,12,15). The Morgan fingerprint density at radius 2 is 1.94 bits per heavy atom. The first-order valence-electron chi connectivity index (χ1n) is 5.64. The lowest BCUT2D eigenvalue weighted by Gasteiger charge is -2.13. The van der Waals surface area contributed by atoms with Gasteiger partial charge in [0.25, 0.3) is 0 Å². The number of carbonyl (C=O) groups is 2. The molecule has 0 aliphatic rings. The maximum atomic E-state index is 11.3. The second kappa shape index (κ2) is 7.91. The van der Waals surface area contributed by atoms with Crippen molar-refractivity contribution in [2.24, 2.45) is 0 Å². The van der Waals surface area contributed by atoms with Crippen molar-refractivity contribution in [3.05, 3.63) is 0 Å². The minimum atomic E-state index is -3.08. The van der Waals surface area contributed by atoms with Crippen LogP contribution in [0.4, 0.5) is 4.79 Å². The Kier molecular flexibility index (Phi) is 7.33. The average molecular weight is 280 g/mol. The van der Waals surface area contributed by atoms with E-state index in [0.29, 0.717) is 12.8 Å². The SMILES string of the molecule is CC(CCCC(=O)O)NC(=O)NCCS(C)(=O)=O. The van der Waals surface area contributed by atoms with Gasteiger partial charge in [-0.1, -0.05) is 0 Å². The number of carboxylic acids is 1. The fourth-order valence-corrected chi connectivity index (χ4v) is 1.73. The van der Waals surface area contributed by atoms with Gasteiger partial charge >= 0.3 is 12.0 Å². The molecule has 0 saturated heterocycles. The van der Waals surface area contributed by atoms with Crippen molar-refractivity contribution in [3.8, 4) is 0 Å². The van der Waals surface area contributed by atoms with Gasteiger partial charge in [-0.25, -0.2) is 13.2 Å². The topological polar surface area (TPSA) is 113 Å². The maximum Gasteiger partial charge on any atom is 0.315 e. The van der Waals surface area contributed by atoms with Crippen molar-refractivity contribution < 1.29 is 23.1 Å². The van der Waals surface area contributed by atoms with Crippen LogP contribution in [0.25, 0.3) is 0 Å². The number of amides is 2. The average Bonchev–Trinajstić information content (AvgIpc) is 2.14. The summed E-state index contributed by atoms with van der Waals surface area (Å²) in [5.41, 5.74) is 0. The fraction of sp³-hybridized carbons (Fsp3) is 0.800. The van der Waals surface area contributed by atoms with E-state index in [-0.39, 0.29) is 24.8 Å². The second-order valence-corrected chi connectivity index (χ2v) is 6.48. The molecular formula is C10H20N2O5S. The van der Waals surface area contributed by atoms with Crippen molar-refractivity contribution in [1.82, 2.24) is 10.6 Å². The first-order valence-corrected chi connectivity index (χ1v) is 7.70. The van der Waals surface area contributed by atoms with Gasteiger partial charge in [0.2, 0.25) is 0 Å². The summed E-state index contributed by atoms with van der Waals surface area (Å²) >= 11 is 0. The van der Waals surface area contributed by atoms with Gasteiger partial charge in [-0.2, -0.15) is 0 Å². The van der Waals surface area contributed by atoms with E-state index in [4.69, 9.17) is 5.11 Å². The van der Waals surface area contributed by atoms with Gasteiger partial charge in [-0.05, 0) is 19.8 Å². The van der Waals surface area contributed by atoms with E-state index >= 15 is 0 Å². The third-order valence-corrected chi connectivity index (χ3v) is 3.11. The first kappa shape index (κ1) is 16.7. The van der Waals surface area contributed by atoms with Crippen LogP contribution in [0.1, 0.15) is 26.2 Å². The third-order valence-electron chi connectivity index (χ3n) is 2.16. The van der Waals surface area contributed by atoms with Crippen molar-refractivity contribution in [1.29, 1.82) is 0 Å². The first-order chi connectivity index (χ1) is 8.20. The van der Waals surface area contributed by atoms with Crippen molar-refractivity contribution in [3.63, 3.8) is 0 Å². The lowest BCUT2D eigenvalue weighted by atomic mass is 10.1. The zero-order valence-electron chi connectivity index (χ0n) is 10.6. The zero-order valence-corrected chi connectivity index (χ0v) is 11.4. The molecule has 0 spiro atoms. The molecule has 0 heterocycles. The molecule has 2 amide bonds. The quantitative estimate of drug-likeness (QED) is 0.578. The molecule has 0 aliphatic carbocycles. The van der Waals surface area contributed by atoms with E-state index in [1.165, 1.54) is 0 Å². The fourth-order valence-electron chi connectivity index (χ4n) is 1.26. The van der Waals surface area contributed by atoms with Crippen LogP contribution in [0, 0.1) is 0 Å². The van der Waals surface area contributed by atoms with Crippen molar-refractivity contribution in [2.75, 3.05) is 18.6 Å². The smallest absolute Gasteiger partial charge is 0.315 e. The Bertz CT molecular complexity index is 380. The number of rotatable bonds is 8. The molecule has 8 heteroatoms. The Balaban J connectivity index is 3.70. The van der Waals surface area contributed by atoms with Crippen molar-refractivity contribution >= 4 is 21.8 Å². The van der Waals surface area contributed by atoms with Crippen LogP contribution >= 0.6 is 0 Å². The highest BCUT2D eigenvalue weighted by atomic mass is 32.2. The molecule has 0 fully saturated rings. The summed E-state index contributed by atoms with van der Waals surface area (Å²) < 4.78 is 21.6. The molecule has 0 rings (SSSR count). The number of urea groups is 1. The molecule has 0 bridgehead atoms. The molecule has 0 aromatic carbocycles. The molecule has 0 aliphatic heterocycles. The van der Waals surface area contributed by atoms with Crippen LogP contribution in [0.3, 0.4) is 0 Å². The molecule has 106 valence electrons. The number of aliphatic carboxylic acids is 1. The zero-order chi connectivity index (χ0) is 14.2. The van der Waals surface area contributed by atoms with Crippen LogP contribution < -0.4 is 10.6 Å². The van der Waals surface area contributed by atoms with Gasteiger partial charge in [-0.3, -0.25) is 4.79 Å². The normalized spacial score (nSPS) is 12.8. The lowest BCUT2D eigenvalue weighted by Crippen LogP contribution is -2.42. The number of carboxylic acid groups (broad SMARTS) is 1. The summed E-state index contributed by atoms with van der Waals surface area (Å²) in [5, 5.41) is 13.5. The highest BCUT2D eigenvalue weighted by Gasteiger charge is 2.08. The van der Waals surface area contributed by atoms with Crippen LogP contribution in [0.2, 0.25) is 0 Å². The van der Waals surface area contributed by atoms with Gasteiger partial charge in [-0.15, -0.1) is 0 Å². The van der Waals surface area contributed by atoms with Gasteiger partial charge < -0.3 is 15.7 Å². The van der Waals surface area contributed by atoms with E-state index in [1.807, 2.05) is 0 Å². The number of hydrogen-bond donors (Lipinski definition) is 3. The van der Waals surface area contributed by atoms with E-state index < -0.39 is 21.8 Å². The minimum absolute atomic E-state index is 0.0620. The summed E-state index contributed by atoms with van der Waals surface area (Å²) in [5.74, 6) is -0.965. The molecule has 7 nitrogen and oxygen atoms in total. The lowest BCUT2D eigenvalue weighted by molar-refractivity contribution is -0.137. The largest absolute Gasteiger partial charge is 0.481 e.